The van der Waals surface area contributed by atoms with Gasteiger partial charge in [0.15, 0.2) is 0 Å². The van der Waals surface area contributed by atoms with Crippen LogP contribution in [-0.4, -0.2) is 21.4 Å². The van der Waals surface area contributed by atoms with E-state index in [0.717, 1.165) is 37.0 Å². The molecule has 4 nitrogen and oxygen atoms in total. The molecular weight excluding hydrogens is 269 g/mol. The molecule has 0 fully saturated rings. The molecule has 1 unspecified atom stereocenters. The topological polar surface area (TPSA) is 50.1 Å². The zero-order valence-electron chi connectivity index (χ0n) is 12.7. The fourth-order valence-corrected chi connectivity index (χ4v) is 2.43. The summed E-state index contributed by atoms with van der Waals surface area (Å²) in [5.41, 5.74) is 2.75. The maximum atomic E-state index is 13.7. The smallest absolute Gasteiger partial charge is 0.131 e. The maximum absolute atomic E-state index is 13.7. The number of phenolic OH excluding ortho intramolecular Hbond substituents is 1. The molecule has 0 radical (unpaired) electrons. The number of nitrogens with zero attached hydrogens (tertiary/aromatic N) is 2. The molecule has 1 atom stereocenters. The van der Waals surface area contributed by atoms with Crippen LogP contribution in [0.1, 0.15) is 36.3 Å². The van der Waals surface area contributed by atoms with Crippen molar-refractivity contribution in [3.8, 4) is 5.75 Å². The third-order valence-electron chi connectivity index (χ3n) is 3.55. The van der Waals surface area contributed by atoms with E-state index in [9.17, 15) is 9.50 Å². The molecule has 5 heteroatoms. The first kappa shape index (κ1) is 15.5. The molecule has 0 spiro atoms. The summed E-state index contributed by atoms with van der Waals surface area (Å²) in [6.45, 7) is 7.56. The summed E-state index contributed by atoms with van der Waals surface area (Å²) in [5.74, 6) is -0.429. The fourth-order valence-electron chi connectivity index (χ4n) is 2.43. The Morgan fingerprint density at radius 1 is 1.33 bits per heavy atom. The lowest BCUT2D eigenvalue weighted by Crippen LogP contribution is -2.22. The summed E-state index contributed by atoms with van der Waals surface area (Å²) in [4.78, 5) is 0. The van der Waals surface area contributed by atoms with Gasteiger partial charge >= 0.3 is 0 Å². The van der Waals surface area contributed by atoms with Gasteiger partial charge in [-0.3, -0.25) is 4.68 Å². The van der Waals surface area contributed by atoms with Crippen LogP contribution < -0.4 is 5.32 Å². The highest BCUT2D eigenvalue weighted by Gasteiger charge is 2.10. The van der Waals surface area contributed by atoms with E-state index < -0.39 is 0 Å². The normalized spacial score (nSPS) is 12.6. The van der Waals surface area contributed by atoms with Gasteiger partial charge in [0.25, 0.3) is 0 Å². The minimum absolute atomic E-state index is 0.0482. The van der Waals surface area contributed by atoms with Gasteiger partial charge in [-0.2, -0.15) is 5.10 Å². The number of hydrogen-bond acceptors (Lipinski definition) is 3. The number of aryl methyl sites for hydroxylation is 3. The van der Waals surface area contributed by atoms with E-state index in [1.165, 1.54) is 6.07 Å². The van der Waals surface area contributed by atoms with Crippen molar-refractivity contribution in [1.29, 1.82) is 0 Å². The predicted octanol–water partition coefficient (Wildman–Crippen LogP) is 3.09. The molecule has 0 saturated carbocycles. The van der Waals surface area contributed by atoms with Crippen LogP contribution in [0.15, 0.2) is 24.3 Å². The monoisotopic (exact) mass is 291 g/mol. The van der Waals surface area contributed by atoms with Crippen LogP contribution in [0.25, 0.3) is 0 Å². The predicted molar refractivity (Wildman–Crippen MR) is 80.8 cm³/mol. The van der Waals surface area contributed by atoms with Gasteiger partial charge in [-0.25, -0.2) is 4.39 Å². The number of aromatic nitrogens is 2. The summed E-state index contributed by atoms with van der Waals surface area (Å²) in [6.07, 6.45) is 0.923. The van der Waals surface area contributed by atoms with Crippen molar-refractivity contribution in [2.24, 2.45) is 0 Å². The van der Waals surface area contributed by atoms with Crippen LogP contribution >= 0.6 is 0 Å². The zero-order chi connectivity index (χ0) is 15.4. The number of hydrogen-bond donors (Lipinski definition) is 2. The zero-order valence-corrected chi connectivity index (χ0v) is 12.7. The fraction of sp³-hybridized carbons (Fsp3) is 0.438. The average molecular weight is 291 g/mol. The third kappa shape index (κ3) is 4.04. The SMILES string of the molecule is Cc1cc(C)n(CCCNC(C)c2ccc(O)cc2F)n1. The summed E-state index contributed by atoms with van der Waals surface area (Å²) in [6, 6.07) is 6.23. The lowest BCUT2D eigenvalue weighted by molar-refractivity contribution is 0.460. The molecule has 2 N–H and O–H groups in total. The Morgan fingerprint density at radius 2 is 2.10 bits per heavy atom. The molecule has 114 valence electrons. The van der Waals surface area contributed by atoms with Gasteiger partial charge in [0.1, 0.15) is 11.6 Å². The van der Waals surface area contributed by atoms with Crippen molar-refractivity contribution in [1.82, 2.24) is 15.1 Å². The summed E-state index contributed by atoms with van der Waals surface area (Å²) < 4.78 is 15.7. The Kier molecular flexibility index (Phi) is 4.96. The number of nitrogens with one attached hydrogen (secondary N) is 1. The molecule has 0 amide bonds. The molecular formula is C16H22FN3O. The summed E-state index contributed by atoms with van der Waals surface area (Å²) >= 11 is 0. The van der Waals surface area contributed by atoms with Crippen molar-refractivity contribution in [3.63, 3.8) is 0 Å². The van der Waals surface area contributed by atoms with Crippen LogP contribution in [0.3, 0.4) is 0 Å². The number of halogens is 1. The van der Waals surface area contributed by atoms with Gasteiger partial charge in [-0.05, 0) is 45.9 Å². The molecule has 1 aromatic carbocycles. The molecule has 0 aliphatic carbocycles. The molecule has 2 aromatic rings. The molecule has 2 rings (SSSR count). The van der Waals surface area contributed by atoms with Gasteiger partial charge < -0.3 is 10.4 Å². The first-order valence-corrected chi connectivity index (χ1v) is 7.20. The van der Waals surface area contributed by atoms with E-state index in [2.05, 4.69) is 16.5 Å². The van der Waals surface area contributed by atoms with Crippen LogP contribution in [-0.2, 0) is 6.54 Å². The van der Waals surface area contributed by atoms with E-state index in [0.29, 0.717) is 5.56 Å². The van der Waals surface area contributed by atoms with E-state index in [-0.39, 0.29) is 17.6 Å². The Bertz CT molecular complexity index is 610. The highest BCUT2D eigenvalue weighted by atomic mass is 19.1. The Balaban J connectivity index is 1.81. The van der Waals surface area contributed by atoms with Crippen molar-refractivity contribution < 1.29 is 9.50 Å². The Hall–Kier alpha value is -1.88. The molecule has 0 saturated heterocycles. The van der Waals surface area contributed by atoms with E-state index in [4.69, 9.17) is 0 Å². The Labute approximate surface area is 124 Å². The van der Waals surface area contributed by atoms with Crippen molar-refractivity contribution in [2.45, 2.75) is 39.8 Å². The molecule has 21 heavy (non-hydrogen) atoms. The number of aromatic hydroxyl groups is 1. The molecule has 0 aliphatic heterocycles. The van der Waals surface area contributed by atoms with Gasteiger partial charge in [0.2, 0.25) is 0 Å². The van der Waals surface area contributed by atoms with Crippen LogP contribution in [0.2, 0.25) is 0 Å². The molecule has 1 aromatic heterocycles. The highest BCUT2D eigenvalue weighted by molar-refractivity contribution is 5.29. The van der Waals surface area contributed by atoms with Gasteiger partial charge in [-0.1, -0.05) is 6.07 Å². The minimum Gasteiger partial charge on any atom is -0.508 e. The van der Waals surface area contributed by atoms with Gasteiger partial charge in [0, 0.05) is 29.9 Å². The van der Waals surface area contributed by atoms with Crippen molar-refractivity contribution in [2.75, 3.05) is 6.54 Å². The second kappa shape index (κ2) is 6.72. The van der Waals surface area contributed by atoms with Crippen LogP contribution in [0, 0.1) is 19.7 Å². The Morgan fingerprint density at radius 3 is 2.71 bits per heavy atom. The van der Waals surface area contributed by atoms with E-state index in [1.54, 1.807) is 6.07 Å². The minimum atomic E-state index is -0.381. The lowest BCUT2D eigenvalue weighted by atomic mass is 10.1. The van der Waals surface area contributed by atoms with Crippen molar-refractivity contribution in [3.05, 3.63) is 47.0 Å². The van der Waals surface area contributed by atoms with E-state index in [1.807, 2.05) is 25.5 Å². The average Bonchev–Trinajstić information content (AvgIpc) is 2.73. The highest BCUT2D eigenvalue weighted by Crippen LogP contribution is 2.20. The number of phenols is 1. The second-order valence-electron chi connectivity index (χ2n) is 5.39. The largest absolute Gasteiger partial charge is 0.508 e. The quantitative estimate of drug-likeness (QED) is 0.804. The first-order valence-electron chi connectivity index (χ1n) is 7.20. The molecule has 0 bridgehead atoms. The maximum Gasteiger partial charge on any atom is 0.131 e. The van der Waals surface area contributed by atoms with Crippen LogP contribution in [0.5, 0.6) is 5.75 Å². The summed E-state index contributed by atoms with van der Waals surface area (Å²) in [7, 11) is 0. The standard InChI is InChI=1S/C16H22FN3O/c1-11-9-12(2)20(19-11)8-4-7-18-13(3)15-6-5-14(21)10-16(15)17/h5-6,9-10,13,18,21H,4,7-8H2,1-3H3. The number of benzene rings is 1. The lowest BCUT2D eigenvalue weighted by Gasteiger charge is -2.15. The molecule has 0 aliphatic rings. The van der Waals surface area contributed by atoms with E-state index >= 15 is 0 Å². The molecule has 1 heterocycles. The second-order valence-corrected chi connectivity index (χ2v) is 5.39. The van der Waals surface area contributed by atoms with Gasteiger partial charge in [0.05, 0.1) is 5.69 Å². The summed E-state index contributed by atoms with van der Waals surface area (Å²) in [5, 5.41) is 16.9. The first-order chi connectivity index (χ1) is 9.97. The van der Waals surface area contributed by atoms with Crippen molar-refractivity contribution >= 4 is 0 Å². The number of rotatable bonds is 6. The third-order valence-corrected chi connectivity index (χ3v) is 3.55. The van der Waals surface area contributed by atoms with Crippen LogP contribution in [0.4, 0.5) is 4.39 Å². The van der Waals surface area contributed by atoms with Gasteiger partial charge in [-0.15, -0.1) is 0 Å².